The molecule has 40 heteroatoms. The summed E-state index contributed by atoms with van der Waals surface area (Å²) in [4.78, 5) is 2.28. The van der Waals surface area contributed by atoms with Gasteiger partial charge in [0.2, 0.25) is 0 Å². The van der Waals surface area contributed by atoms with E-state index in [1.807, 2.05) is 104 Å². The SMILES string of the molecule is CCO[Si](CCCS(S)(SS)C(C(C)=C(S(S)(CCC[Si](OCC)(OCC)OCC)SS)S(S)(CCC[Si](OCC)(OCC)OCC)SS)=C(C(C(C)CCCC(C)CCCCC(C)CCCC(C)CCCC(C)C)S(S)(CCC[Si](OCC)(OCC)OCC)SS)S(S)(CCC[Si](OCC)(OCC)OCC)SS)(OCC)OCC. The Bertz CT molecular complexity index is 2400. The molecule has 0 rings (SSSR count). The summed E-state index contributed by atoms with van der Waals surface area (Å²) in [6.45, 7) is 54.0. The Morgan fingerprint density at radius 1 is 0.278 bits per heavy atom. The lowest BCUT2D eigenvalue weighted by Crippen LogP contribution is -2.46. The Kier molecular flexibility index (Phi) is 72.2. The fourth-order valence-corrected chi connectivity index (χ4v) is 70.5. The maximum atomic E-state index is 6.70. The first-order chi connectivity index (χ1) is 54.7. The number of hydrogen-bond donors (Lipinski definition) is 10. The Labute approximate surface area is 787 Å². The first-order valence-corrected chi connectivity index (χ1v) is 78.9. The predicted octanol–water partition coefficient (Wildman–Crippen LogP) is 30.0. The molecule has 0 saturated heterocycles. The second-order valence-electron chi connectivity index (χ2n) is 29.4. The van der Waals surface area contributed by atoms with Crippen LogP contribution in [0.2, 0.25) is 30.2 Å². The summed E-state index contributed by atoms with van der Waals surface area (Å²) in [7, 11) is -20.6. The van der Waals surface area contributed by atoms with Crippen molar-refractivity contribution < 1.29 is 66.4 Å². The second kappa shape index (κ2) is 68.0. The Balaban J connectivity index is 10.6. The van der Waals surface area contributed by atoms with Gasteiger partial charge in [0.25, 0.3) is 0 Å². The van der Waals surface area contributed by atoms with E-state index >= 15 is 0 Å². The van der Waals surface area contributed by atoms with Crippen molar-refractivity contribution in [3.05, 3.63) is 19.6 Å². The molecule has 0 amide bonds. The van der Waals surface area contributed by atoms with Gasteiger partial charge in [-0.2, -0.15) is 0 Å². The van der Waals surface area contributed by atoms with Gasteiger partial charge in [-0.3, -0.25) is 0 Å². The van der Waals surface area contributed by atoms with E-state index in [4.69, 9.17) is 183 Å². The molecule has 0 spiro atoms. The molecule has 115 heavy (non-hydrogen) atoms. The second-order valence-corrected chi connectivity index (χ2v) is 85.4. The van der Waals surface area contributed by atoms with Gasteiger partial charge in [0.05, 0.1) is 0 Å². The molecule has 0 aromatic carbocycles. The van der Waals surface area contributed by atoms with E-state index in [9.17, 15) is 0 Å². The zero-order chi connectivity index (χ0) is 87.3. The van der Waals surface area contributed by atoms with Gasteiger partial charge in [0, 0.05) is 149 Å². The molecule has 10 unspecified atom stereocenters. The Morgan fingerprint density at radius 2 is 0.504 bits per heavy atom. The molecular weight excluding hydrogens is 1920 g/mol. The van der Waals surface area contributed by atoms with Crippen LogP contribution in [-0.2, 0) is 66.4 Å². The molecule has 0 radical (unpaired) electrons. The number of rotatable bonds is 80. The minimum Gasteiger partial charge on any atom is -0.374 e. The maximum Gasteiger partial charge on any atom is 0.500 e. The van der Waals surface area contributed by atoms with E-state index in [0.717, 1.165) is 51.7 Å². The van der Waals surface area contributed by atoms with E-state index in [1.54, 1.807) is 19.7 Å². The van der Waals surface area contributed by atoms with Crippen LogP contribution in [0.25, 0.3) is 0 Å². The average Bonchev–Trinajstić information content (AvgIpc) is 0.723. The van der Waals surface area contributed by atoms with Gasteiger partial charge in [-0.25, -0.2) is 0 Å². The zero-order valence-corrected chi connectivity index (χ0v) is 97.2. The van der Waals surface area contributed by atoms with Crippen LogP contribution in [0, 0.1) is 29.6 Å². The predicted molar refractivity (Wildman–Crippen MR) is 575 cm³/mol. The highest BCUT2D eigenvalue weighted by Crippen LogP contribution is 2.91. The van der Waals surface area contributed by atoms with Gasteiger partial charge in [-0.1, -0.05) is 119 Å². The highest BCUT2D eigenvalue weighted by Gasteiger charge is 2.53. The van der Waals surface area contributed by atoms with Crippen molar-refractivity contribution in [3.63, 3.8) is 0 Å². The lowest BCUT2D eigenvalue weighted by molar-refractivity contribution is 0.0704. The van der Waals surface area contributed by atoms with E-state index in [2.05, 4.69) is 48.5 Å². The van der Waals surface area contributed by atoms with Crippen LogP contribution < -0.4 is 0 Å². The van der Waals surface area contributed by atoms with Crippen LogP contribution in [0.3, 0.4) is 0 Å². The Hall–Kier alpha value is 6.96. The van der Waals surface area contributed by atoms with Crippen molar-refractivity contribution in [2.24, 2.45) is 29.6 Å². The summed E-state index contributed by atoms with van der Waals surface area (Å²) in [5.41, 5.74) is 1.03. The summed E-state index contributed by atoms with van der Waals surface area (Å²) in [6.07, 6.45) is 19.3. The topological polar surface area (TPSA) is 138 Å². The zero-order valence-electron chi connectivity index (χ0n) is 75.0. The molecule has 10 atom stereocenters. The van der Waals surface area contributed by atoms with Crippen molar-refractivity contribution in [1.29, 1.82) is 0 Å². The van der Waals surface area contributed by atoms with Crippen molar-refractivity contribution in [1.82, 2.24) is 0 Å². The molecule has 0 aliphatic rings. The monoisotopic (exact) mass is 2090 g/mol. The molecule has 15 nitrogen and oxygen atoms in total. The van der Waals surface area contributed by atoms with Crippen molar-refractivity contribution in [3.8, 4) is 0 Å². The number of hydrogen-bond acceptors (Lipinski definition) is 30. The van der Waals surface area contributed by atoms with Gasteiger partial charge in [0.15, 0.2) is 0 Å². The van der Waals surface area contributed by atoms with E-state index in [0.29, 0.717) is 196 Å². The lowest BCUT2D eigenvalue weighted by Gasteiger charge is -2.54. The van der Waals surface area contributed by atoms with Crippen molar-refractivity contribution in [2.45, 2.75) is 303 Å². The van der Waals surface area contributed by atoms with Crippen LogP contribution in [-0.4, -0.2) is 177 Å². The quantitative estimate of drug-likeness (QED) is 0.00928. The van der Waals surface area contributed by atoms with Crippen LogP contribution in [0.15, 0.2) is 19.6 Å². The van der Waals surface area contributed by atoms with Gasteiger partial charge in [0.1, 0.15) is 0 Å². The molecule has 0 aliphatic carbocycles. The number of thiol groups is 10. The summed E-state index contributed by atoms with van der Waals surface area (Å²) >= 11 is 59.6. The highest BCUT2D eigenvalue weighted by molar-refractivity contribution is 9.43. The third-order valence-electron chi connectivity index (χ3n) is 19.8. The molecule has 0 aromatic rings. The minimum absolute atomic E-state index is 0.00777. The third-order valence-corrected chi connectivity index (χ3v) is 84.7. The highest BCUT2D eigenvalue weighted by atomic mass is 33.7. The molecular formula is C75H168O15S20Si5. The Morgan fingerprint density at radius 3 is 0.748 bits per heavy atom. The molecule has 0 fully saturated rings. The molecule has 0 saturated carbocycles. The standard InChI is InChI=1S/C75H168O15S20Si5/c1-23-76-111(77-24-2,78-25-3)61-43-56-106(96,101-91)72(70(21)55-42-54-68(19)50-39-38-49-67(18)52-41-53-69(20)51-40-48-66(16)17)74(108(98,103-93)58-45-63-113(82-29-7,83-30-8)84-31-9)73(107(97,102-92)57-44-62-112(79-26-4,80-27-5)81-28-6)71(22)75(109(99,104-94)59-46-64-114(85-32-10,86-33-11)87-34-12)110(100,105-95)60-47-65-115(88-35-13,89-36-14)90-37-15/h66-70,72,91-100H,23-65H2,1-22H3. The van der Waals surface area contributed by atoms with Crippen LogP contribution >= 0.6 is 206 Å². The molecule has 0 bridgehead atoms. The fourth-order valence-electron chi connectivity index (χ4n) is 15.0. The summed E-state index contributed by atoms with van der Waals surface area (Å²) in [5.74, 6) is 5.95. The lowest BCUT2D eigenvalue weighted by atomic mass is 9.90. The van der Waals surface area contributed by atoms with E-state index < -0.39 is 84.5 Å². The summed E-state index contributed by atoms with van der Waals surface area (Å²) in [6, 6.07) is 2.85. The van der Waals surface area contributed by atoms with Gasteiger partial charge >= 0.3 is 44.0 Å². The van der Waals surface area contributed by atoms with E-state index in [1.165, 1.54) is 98.6 Å². The van der Waals surface area contributed by atoms with Crippen LogP contribution in [0.5, 0.6) is 0 Å². The first-order valence-electron chi connectivity index (χ1n) is 43.0. The van der Waals surface area contributed by atoms with Crippen molar-refractivity contribution >= 4 is 250 Å². The molecule has 0 N–H and O–H groups in total. The van der Waals surface area contributed by atoms with Crippen LogP contribution in [0.1, 0.15) is 268 Å². The normalized spacial score (nSPS) is 18.6. The minimum atomic E-state index is -3.26. The molecule has 0 aromatic heterocycles. The summed E-state index contributed by atoms with van der Waals surface area (Å²) < 4.78 is 101. The molecule has 698 valence electrons. The maximum absolute atomic E-state index is 6.70. The molecule has 0 aliphatic heterocycles. The number of unbranched alkanes of at least 4 members (excludes halogenated alkanes) is 1. The fraction of sp³-hybridized carbons (Fsp3) is 0.947. The van der Waals surface area contributed by atoms with E-state index in [-0.39, 0.29) is 11.2 Å². The average molecular weight is 2090 g/mol. The first kappa shape index (κ1) is 122. The molecule has 0 heterocycles. The van der Waals surface area contributed by atoms with Crippen LogP contribution in [0.4, 0.5) is 0 Å². The largest absolute Gasteiger partial charge is 0.500 e. The third kappa shape index (κ3) is 44.1. The summed E-state index contributed by atoms with van der Waals surface area (Å²) in [5, 5.41) is -0.277. The van der Waals surface area contributed by atoms with Gasteiger partial charge in [-0.15, -0.1) is 157 Å². The van der Waals surface area contributed by atoms with Gasteiger partial charge < -0.3 is 66.4 Å². The number of allylic oxidation sites excluding steroid dienone is 1. The van der Waals surface area contributed by atoms with Crippen molar-refractivity contribution in [2.75, 3.05) is 128 Å². The smallest absolute Gasteiger partial charge is 0.374 e. The van der Waals surface area contributed by atoms with Gasteiger partial charge in [-0.05, 0) is 262 Å².